The number of ether oxygens (including phenoxy) is 1. The Kier molecular flexibility index (Phi) is 7.02. The zero-order valence-corrected chi connectivity index (χ0v) is 29.9. The van der Waals surface area contributed by atoms with E-state index in [1.54, 1.807) is 0 Å². The van der Waals surface area contributed by atoms with Crippen LogP contribution in [0.15, 0.2) is 158 Å². The first-order chi connectivity index (χ1) is 25.9. The molecule has 1 aliphatic heterocycles. The van der Waals surface area contributed by atoms with Gasteiger partial charge in [0.05, 0.1) is 16.7 Å². The maximum absolute atomic E-state index is 6.64. The van der Waals surface area contributed by atoms with Gasteiger partial charge in [0.25, 0.3) is 0 Å². The minimum atomic E-state index is 0.00347. The molecule has 0 atom stereocenters. The van der Waals surface area contributed by atoms with Crippen molar-refractivity contribution in [2.75, 3.05) is 16.5 Å². The summed E-state index contributed by atoms with van der Waals surface area (Å²) >= 11 is 0. The summed E-state index contributed by atoms with van der Waals surface area (Å²) in [7, 11) is 0. The summed E-state index contributed by atoms with van der Waals surface area (Å²) < 4.78 is 8.90. The first-order valence-corrected chi connectivity index (χ1v) is 18.1. The summed E-state index contributed by atoms with van der Waals surface area (Å²) in [6.07, 6.45) is 3.78. The van der Waals surface area contributed by atoms with Crippen molar-refractivity contribution in [2.45, 2.75) is 26.2 Å². The Labute approximate surface area is 308 Å². The van der Waals surface area contributed by atoms with Gasteiger partial charge in [0, 0.05) is 46.7 Å². The smallest absolute Gasteiger partial charge is 0.158 e. The summed E-state index contributed by atoms with van der Waals surface area (Å²) in [5, 5.41) is 7.32. The minimum Gasteiger partial charge on any atom is -0.457 e. The Bertz CT molecular complexity index is 2870. The fourth-order valence-electron chi connectivity index (χ4n) is 7.80. The Morgan fingerprint density at radius 1 is 0.528 bits per heavy atom. The van der Waals surface area contributed by atoms with Crippen LogP contribution >= 0.6 is 0 Å². The van der Waals surface area contributed by atoms with Gasteiger partial charge in [0.2, 0.25) is 0 Å². The quantitative estimate of drug-likeness (QED) is 0.169. The number of nitrogens with zero attached hydrogens (tertiary/aromatic N) is 5. The van der Waals surface area contributed by atoms with Crippen LogP contribution in [-0.4, -0.2) is 21.2 Å². The average Bonchev–Trinajstić information content (AvgIpc) is 3.74. The second-order valence-electron chi connectivity index (χ2n) is 14.8. The van der Waals surface area contributed by atoms with Gasteiger partial charge >= 0.3 is 0 Å². The molecule has 0 fully saturated rings. The molecule has 6 nitrogen and oxygen atoms in total. The summed E-state index contributed by atoms with van der Waals surface area (Å²) in [6.45, 7) is 7.33. The van der Waals surface area contributed by atoms with Crippen LogP contribution in [-0.2, 0) is 5.41 Å². The number of fused-ring (bicyclic) bond motifs is 7. The summed E-state index contributed by atoms with van der Waals surface area (Å²) in [5.41, 5.74) is 6.60. The second kappa shape index (κ2) is 12.0. The highest BCUT2D eigenvalue weighted by Gasteiger charge is 2.29. The van der Waals surface area contributed by atoms with Crippen molar-refractivity contribution >= 4 is 66.2 Å². The molecule has 10 rings (SSSR count). The van der Waals surface area contributed by atoms with Crippen LogP contribution in [0, 0.1) is 0 Å². The van der Waals surface area contributed by atoms with Gasteiger partial charge in [-0.1, -0.05) is 87.5 Å². The molecule has 6 heteroatoms. The van der Waals surface area contributed by atoms with Crippen molar-refractivity contribution < 1.29 is 4.74 Å². The van der Waals surface area contributed by atoms with Crippen LogP contribution < -0.4 is 14.5 Å². The van der Waals surface area contributed by atoms with Gasteiger partial charge in [-0.25, -0.2) is 9.97 Å². The first-order valence-electron chi connectivity index (χ1n) is 18.1. The number of hydrogen-bond acceptors (Lipinski definition) is 5. The molecule has 0 saturated heterocycles. The molecule has 3 aromatic heterocycles. The van der Waals surface area contributed by atoms with Crippen molar-refractivity contribution in [3.05, 3.63) is 164 Å². The first kappa shape index (κ1) is 31.1. The summed E-state index contributed by atoms with van der Waals surface area (Å²) in [4.78, 5) is 14.3. The Hall–Kier alpha value is -6.66. The van der Waals surface area contributed by atoms with E-state index in [1.165, 1.54) is 32.5 Å². The van der Waals surface area contributed by atoms with E-state index in [4.69, 9.17) is 14.7 Å². The number of para-hydroxylation sites is 1. The lowest BCUT2D eigenvalue weighted by Gasteiger charge is -2.22. The molecular formula is C47H37N5O. The van der Waals surface area contributed by atoms with Crippen LogP contribution in [0.3, 0.4) is 0 Å². The third-order valence-corrected chi connectivity index (χ3v) is 10.5. The van der Waals surface area contributed by atoms with E-state index in [1.807, 2.05) is 24.5 Å². The topological polar surface area (TPSA) is 46.4 Å². The van der Waals surface area contributed by atoms with Gasteiger partial charge in [0.15, 0.2) is 5.82 Å². The third-order valence-electron chi connectivity index (χ3n) is 10.5. The molecule has 0 N–H and O–H groups in total. The Morgan fingerprint density at radius 3 is 2.19 bits per heavy atom. The van der Waals surface area contributed by atoms with E-state index in [0.717, 1.165) is 56.6 Å². The Morgan fingerprint density at radius 2 is 1.28 bits per heavy atom. The van der Waals surface area contributed by atoms with Gasteiger partial charge in [-0.15, -0.1) is 0 Å². The number of rotatable bonds is 5. The fraction of sp³-hybridized carbons (Fsp3) is 0.106. The number of aromatic nitrogens is 3. The van der Waals surface area contributed by atoms with E-state index in [2.05, 4.69) is 169 Å². The van der Waals surface area contributed by atoms with Gasteiger partial charge in [-0.2, -0.15) is 0 Å². The number of benzene rings is 6. The molecule has 0 spiro atoms. The zero-order chi connectivity index (χ0) is 35.7. The third kappa shape index (κ3) is 5.25. The normalized spacial score (nSPS) is 13.0. The van der Waals surface area contributed by atoms with E-state index in [0.29, 0.717) is 6.67 Å². The lowest BCUT2D eigenvalue weighted by atomic mass is 9.88. The molecular weight excluding hydrogens is 651 g/mol. The lowest BCUT2D eigenvalue weighted by molar-refractivity contribution is 0.483. The van der Waals surface area contributed by atoms with E-state index in [9.17, 15) is 0 Å². The monoisotopic (exact) mass is 687 g/mol. The van der Waals surface area contributed by atoms with Gasteiger partial charge in [-0.3, -0.25) is 4.57 Å². The molecule has 0 aliphatic carbocycles. The summed E-state index contributed by atoms with van der Waals surface area (Å²) in [5.74, 6) is 3.35. The van der Waals surface area contributed by atoms with Crippen LogP contribution in [0.4, 0.5) is 22.9 Å². The largest absolute Gasteiger partial charge is 0.457 e. The Balaban J connectivity index is 0.994. The highest BCUT2D eigenvalue weighted by molar-refractivity contribution is 6.10. The predicted octanol–water partition coefficient (Wildman–Crippen LogP) is 12.2. The average molecular weight is 688 g/mol. The second-order valence-corrected chi connectivity index (χ2v) is 14.8. The summed E-state index contributed by atoms with van der Waals surface area (Å²) in [6, 6.07) is 51.3. The highest BCUT2D eigenvalue weighted by Crippen LogP contribution is 2.44. The van der Waals surface area contributed by atoms with Crippen molar-refractivity contribution in [2.24, 2.45) is 0 Å². The van der Waals surface area contributed by atoms with Gasteiger partial charge in [0.1, 0.15) is 24.0 Å². The van der Waals surface area contributed by atoms with Crippen LogP contribution in [0.1, 0.15) is 26.3 Å². The maximum Gasteiger partial charge on any atom is 0.158 e. The van der Waals surface area contributed by atoms with Crippen LogP contribution in [0.2, 0.25) is 0 Å². The maximum atomic E-state index is 6.64. The van der Waals surface area contributed by atoms with Crippen molar-refractivity contribution in [3.8, 4) is 17.3 Å². The standard InChI is InChI=1S/C47H37N5O/c1-47(2,3)33-23-25-48-45(27-33)52-42-15-7-6-14-40(42)41-22-20-37(29-44(41)52)53-36-12-8-11-34(28-36)50-30-51(46-43(50)16-9-24-49-46)35-19-21-39-32(26-35)18-17-31-10-4-5-13-38(31)39/h4-29H,30H2,1-3H3. The molecule has 0 unspecified atom stereocenters. The minimum absolute atomic E-state index is 0.00347. The molecule has 1 aliphatic rings. The molecule has 0 saturated carbocycles. The zero-order valence-electron chi connectivity index (χ0n) is 29.9. The van der Waals surface area contributed by atoms with Crippen molar-refractivity contribution in [1.29, 1.82) is 0 Å². The number of pyridine rings is 2. The van der Waals surface area contributed by atoms with E-state index >= 15 is 0 Å². The lowest BCUT2D eigenvalue weighted by Crippen LogP contribution is -2.24. The van der Waals surface area contributed by atoms with Crippen molar-refractivity contribution in [3.63, 3.8) is 0 Å². The molecule has 0 bridgehead atoms. The number of anilines is 4. The molecule has 53 heavy (non-hydrogen) atoms. The van der Waals surface area contributed by atoms with Crippen LogP contribution in [0.5, 0.6) is 11.5 Å². The fourth-order valence-corrected chi connectivity index (χ4v) is 7.80. The molecule has 0 amide bonds. The molecule has 9 aromatic rings. The highest BCUT2D eigenvalue weighted by atomic mass is 16.5. The number of hydrogen-bond donors (Lipinski definition) is 0. The molecule has 4 heterocycles. The van der Waals surface area contributed by atoms with Crippen LogP contribution in [0.25, 0.3) is 49.2 Å². The molecule has 6 aromatic carbocycles. The molecule has 256 valence electrons. The molecule has 0 radical (unpaired) electrons. The van der Waals surface area contributed by atoms with E-state index in [-0.39, 0.29) is 5.41 Å². The predicted molar refractivity (Wildman–Crippen MR) is 219 cm³/mol. The van der Waals surface area contributed by atoms with Gasteiger partial charge in [-0.05, 0) is 99.3 Å². The SMILES string of the molecule is CC(C)(C)c1ccnc(-n2c3ccccc3c3ccc(Oc4cccc(N5CN(c6ccc7c(ccc8ccccc87)c6)c6ncccc65)c4)cc32)c1. The van der Waals surface area contributed by atoms with Gasteiger partial charge < -0.3 is 14.5 Å². The van der Waals surface area contributed by atoms with E-state index < -0.39 is 0 Å². The van der Waals surface area contributed by atoms with Crippen molar-refractivity contribution in [1.82, 2.24) is 14.5 Å².